The fourth-order valence-electron chi connectivity index (χ4n) is 2.34. The molecule has 0 fully saturated rings. The lowest BCUT2D eigenvalue weighted by molar-refractivity contribution is -0.118. The van der Waals surface area contributed by atoms with Crippen LogP contribution in [0.1, 0.15) is 38.2 Å². The molecule has 1 aliphatic heterocycles. The molecule has 2 rings (SSSR count). The molecular formula is C14H20N2O. The SMILES string of the molecule is CCCCCC(=O)N1CCc2cc(N)ccc21. The summed E-state index contributed by atoms with van der Waals surface area (Å²) in [5.41, 5.74) is 8.79. The Morgan fingerprint density at radius 2 is 2.24 bits per heavy atom. The summed E-state index contributed by atoms with van der Waals surface area (Å²) >= 11 is 0. The van der Waals surface area contributed by atoms with E-state index in [1.54, 1.807) is 0 Å². The number of anilines is 2. The van der Waals surface area contributed by atoms with E-state index >= 15 is 0 Å². The Kier molecular flexibility index (Phi) is 3.67. The molecule has 1 amide bonds. The molecule has 17 heavy (non-hydrogen) atoms. The molecule has 0 saturated carbocycles. The first-order valence-electron chi connectivity index (χ1n) is 6.41. The number of nitrogens with zero attached hydrogens (tertiary/aromatic N) is 1. The quantitative estimate of drug-likeness (QED) is 0.641. The van der Waals surface area contributed by atoms with Gasteiger partial charge in [-0.05, 0) is 36.6 Å². The van der Waals surface area contributed by atoms with Crippen LogP contribution in [0.3, 0.4) is 0 Å². The van der Waals surface area contributed by atoms with Gasteiger partial charge in [-0.25, -0.2) is 0 Å². The van der Waals surface area contributed by atoms with E-state index in [1.807, 2.05) is 23.1 Å². The predicted octanol–water partition coefficient (Wildman–Crippen LogP) is 2.74. The van der Waals surface area contributed by atoms with Crippen molar-refractivity contribution in [3.05, 3.63) is 23.8 Å². The average molecular weight is 232 g/mol. The van der Waals surface area contributed by atoms with E-state index in [-0.39, 0.29) is 5.91 Å². The topological polar surface area (TPSA) is 46.3 Å². The van der Waals surface area contributed by atoms with E-state index in [0.717, 1.165) is 43.6 Å². The number of nitrogens with two attached hydrogens (primary N) is 1. The second kappa shape index (κ2) is 5.21. The van der Waals surface area contributed by atoms with Crippen LogP contribution in [0, 0.1) is 0 Å². The van der Waals surface area contributed by atoms with E-state index in [0.29, 0.717) is 6.42 Å². The highest BCUT2D eigenvalue weighted by molar-refractivity contribution is 5.95. The summed E-state index contributed by atoms with van der Waals surface area (Å²) in [4.78, 5) is 14.0. The Balaban J connectivity index is 2.03. The largest absolute Gasteiger partial charge is 0.399 e. The van der Waals surface area contributed by atoms with Gasteiger partial charge in [-0.2, -0.15) is 0 Å². The smallest absolute Gasteiger partial charge is 0.226 e. The summed E-state index contributed by atoms with van der Waals surface area (Å²) in [5.74, 6) is 0.252. The number of amides is 1. The summed E-state index contributed by atoms with van der Waals surface area (Å²) in [5, 5.41) is 0. The van der Waals surface area contributed by atoms with Crippen molar-refractivity contribution in [2.24, 2.45) is 0 Å². The number of carbonyl (C=O) groups excluding carboxylic acids is 1. The lowest BCUT2D eigenvalue weighted by Gasteiger charge is -2.17. The number of rotatable bonds is 4. The summed E-state index contributed by atoms with van der Waals surface area (Å²) < 4.78 is 0. The highest BCUT2D eigenvalue weighted by atomic mass is 16.2. The number of benzene rings is 1. The molecule has 1 heterocycles. The maximum absolute atomic E-state index is 12.1. The maximum Gasteiger partial charge on any atom is 0.226 e. The summed E-state index contributed by atoms with van der Waals surface area (Å²) in [6.45, 7) is 2.96. The fraction of sp³-hybridized carbons (Fsp3) is 0.500. The van der Waals surface area contributed by atoms with Crippen molar-refractivity contribution in [1.82, 2.24) is 0 Å². The van der Waals surface area contributed by atoms with Crippen molar-refractivity contribution in [2.45, 2.75) is 39.0 Å². The van der Waals surface area contributed by atoms with Crippen LogP contribution in [-0.4, -0.2) is 12.5 Å². The Morgan fingerprint density at radius 1 is 1.41 bits per heavy atom. The summed E-state index contributed by atoms with van der Waals surface area (Å²) in [7, 11) is 0. The molecule has 0 aliphatic carbocycles. The van der Waals surface area contributed by atoms with Gasteiger partial charge in [-0.1, -0.05) is 19.8 Å². The third-order valence-corrected chi connectivity index (χ3v) is 3.29. The molecule has 3 nitrogen and oxygen atoms in total. The Hall–Kier alpha value is -1.51. The third kappa shape index (κ3) is 2.60. The Morgan fingerprint density at radius 3 is 3.00 bits per heavy atom. The zero-order chi connectivity index (χ0) is 12.3. The Bertz CT molecular complexity index is 415. The van der Waals surface area contributed by atoms with Crippen molar-refractivity contribution in [3.8, 4) is 0 Å². The van der Waals surface area contributed by atoms with Gasteiger partial charge < -0.3 is 10.6 Å². The molecular weight excluding hydrogens is 212 g/mol. The van der Waals surface area contributed by atoms with Gasteiger partial charge >= 0.3 is 0 Å². The molecule has 2 N–H and O–H groups in total. The van der Waals surface area contributed by atoms with Crippen LogP contribution >= 0.6 is 0 Å². The molecule has 0 radical (unpaired) electrons. The normalized spacial score (nSPS) is 13.8. The lowest BCUT2D eigenvalue weighted by Crippen LogP contribution is -2.28. The number of fused-ring (bicyclic) bond motifs is 1. The van der Waals surface area contributed by atoms with Crippen LogP contribution in [-0.2, 0) is 11.2 Å². The zero-order valence-corrected chi connectivity index (χ0v) is 10.4. The first-order valence-corrected chi connectivity index (χ1v) is 6.41. The number of unbranched alkanes of at least 4 members (excludes halogenated alkanes) is 2. The van der Waals surface area contributed by atoms with Crippen molar-refractivity contribution in [1.29, 1.82) is 0 Å². The monoisotopic (exact) mass is 232 g/mol. The number of carbonyl (C=O) groups is 1. The highest BCUT2D eigenvalue weighted by Crippen LogP contribution is 2.30. The standard InChI is InChI=1S/C14H20N2O/c1-2-3-4-5-14(17)16-9-8-11-10-12(15)6-7-13(11)16/h6-7,10H,2-5,8-9,15H2,1H3. The second-order valence-corrected chi connectivity index (χ2v) is 4.64. The minimum atomic E-state index is 0.252. The molecule has 0 unspecified atom stereocenters. The van der Waals surface area contributed by atoms with Gasteiger partial charge in [0.15, 0.2) is 0 Å². The Labute approximate surface area is 103 Å². The zero-order valence-electron chi connectivity index (χ0n) is 10.4. The third-order valence-electron chi connectivity index (χ3n) is 3.29. The second-order valence-electron chi connectivity index (χ2n) is 4.64. The fourth-order valence-corrected chi connectivity index (χ4v) is 2.34. The van der Waals surface area contributed by atoms with E-state index in [4.69, 9.17) is 5.73 Å². The molecule has 0 atom stereocenters. The summed E-state index contributed by atoms with van der Waals surface area (Å²) in [6.07, 6.45) is 4.88. The number of nitrogen functional groups attached to an aromatic ring is 1. The molecule has 0 aromatic heterocycles. The maximum atomic E-state index is 12.1. The van der Waals surface area contributed by atoms with Gasteiger partial charge in [-0.15, -0.1) is 0 Å². The molecule has 0 saturated heterocycles. The molecule has 0 spiro atoms. The minimum absolute atomic E-state index is 0.252. The number of hydrogen-bond acceptors (Lipinski definition) is 2. The van der Waals surface area contributed by atoms with E-state index < -0.39 is 0 Å². The minimum Gasteiger partial charge on any atom is -0.399 e. The van der Waals surface area contributed by atoms with Crippen LogP contribution in [0.15, 0.2) is 18.2 Å². The number of hydrogen-bond donors (Lipinski definition) is 1. The average Bonchev–Trinajstić information content (AvgIpc) is 2.72. The molecule has 1 aromatic carbocycles. The molecule has 92 valence electrons. The van der Waals surface area contributed by atoms with Gasteiger partial charge in [0, 0.05) is 24.3 Å². The first kappa shape index (κ1) is 12.0. The van der Waals surface area contributed by atoms with Crippen LogP contribution in [0.5, 0.6) is 0 Å². The van der Waals surface area contributed by atoms with Crippen LogP contribution in [0.4, 0.5) is 11.4 Å². The van der Waals surface area contributed by atoms with Crippen LogP contribution in [0.2, 0.25) is 0 Å². The van der Waals surface area contributed by atoms with Crippen molar-refractivity contribution >= 4 is 17.3 Å². The van der Waals surface area contributed by atoms with Gasteiger partial charge in [0.25, 0.3) is 0 Å². The van der Waals surface area contributed by atoms with Crippen molar-refractivity contribution in [2.75, 3.05) is 17.2 Å². The van der Waals surface area contributed by atoms with E-state index in [2.05, 4.69) is 6.92 Å². The van der Waals surface area contributed by atoms with Gasteiger partial charge in [0.1, 0.15) is 0 Å². The van der Waals surface area contributed by atoms with Gasteiger partial charge in [0.2, 0.25) is 5.91 Å². The van der Waals surface area contributed by atoms with Crippen molar-refractivity contribution < 1.29 is 4.79 Å². The van der Waals surface area contributed by atoms with E-state index in [1.165, 1.54) is 5.56 Å². The van der Waals surface area contributed by atoms with Gasteiger partial charge in [0.05, 0.1) is 0 Å². The molecule has 1 aromatic rings. The first-order chi connectivity index (χ1) is 8.22. The molecule has 0 bridgehead atoms. The van der Waals surface area contributed by atoms with E-state index in [9.17, 15) is 4.79 Å². The van der Waals surface area contributed by atoms with Gasteiger partial charge in [-0.3, -0.25) is 4.79 Å². The summed E-state index contributed by atoms with van der Waals surface area (Å²) in [6, 6.07) is 5.82. The molecule has 3 heteroatoms. The van der Waals surface area contributed by atoms with Crippen LogP contribution in [0.25, 0.3) is 0 Å². The predicted molar refractivity (Wildman–Crippen MR) is 71.1 cm³/mol. The van der Waals surface area contributed by atoms with Crippen LogP contribution < -0.4 is 10.6 Å². The lowest BCUT2D eigenvalue weighted by atomic mass is 10.1. The molecule has 1 aliphatic rings. The van der Waals surface area contributed by atoms with Crippen molar-refractivity contribution in [3.63, 3.8) is 0 Å². The highest BCUT2D eigenvalue weighted by Gasteiger charge is 2.23.